The van der Waals surface area contributed by atoms with Crippen LogP contribution in [0.15, 0.2) is 18.2 Å². The van der Waals surface area contributed by atoms with Crippen LogP contribution >= 0.6 is 11.6 Å². The number of benzene rings is 1. The number of rotatable bonds is 5. The number of nitro benzene ring substituents is 1. The third-order valence-corrected chi connectivity index (χ3v) is 4.07. The molecule has 110 valence electrons. The van der Waals surface area contributed by atoms with Gasteiger partial charge in [0.1, 0.15) is 5.02 Å². The van der Waals surface area contributed by atoms with Gasteiger partial charge in [-0.3, -0.25) is 15.0 Å². The summed E-state index contributed by atoms with van der Waals surface area (Å²) in [5.41, 5.74) is 0.874. The molecule has 5 nitrogen and oxygen atoms in total. The molecule has 0 amide bonds. The molecule has 0 aliphatic carbocycles. The van der Waals surface area contributed by atoms with Crippen LogP contribution in [-0.4, -0.2) is 34.6 Å². The number of likely N-dealkylation sites (tertiary alicyclic amines) is 1. The van der Waals surface area contributed by atoms with Crippen molar-refractivity contribution in [3.05, 3.63) is 38.9 Å². The van der Waals surface area contributed by atoms with E-state index in [2.05, 4.69) is 4.90 Å². The summed E-state index contributed by atoms with van der Waals surface area (Å²) in [6.07, 6.45) is 3.09. The van der Waals surface area contributed by atoms with Crippen molar-refractivity contribution >= 4 is 17.3 Å². The summed E-state index contributed by atoms with van der Waals surface area (Å²) in [7, 11) is 0. The second-order valence-electron chi connectivity index (χ2n) is 5.30. The maximum atomic E-state index is 10.9. The van der Waals surface area contributed by atoms with Gasteiger partial charge in [0, 0.05) is 25.8 Å². The predicted octanol–water partition coefficient (Wildman–Crippen LogP) is 2.84. The highest BCUT2D eigenvalue weighted by Crippen LogP contribution is 2.27. The zero-order chi connectivity index (χ0) is 14.5. The number of aliphatic hydroxyl groups excluding tert-OH is 1. The Morgan fingerprint density at radius 3 is 3.00 bits per heavy atom. The zero-order valence-corrected chi connectivity index (χ0v) is 12.1. The Hall–Kier alpha value is -1.17. The summed E-state index contributed by atoms with van der Waals surface area (Å²) < 4.78 is 0. The summed E-state index contributed by atoms with van der Waals surface area (Å²) in [5.74, 6) is 0.524. The second kappa shape index (κ2) is 7.02. The molecule has 1 aromatic rings. The average Bonchev–Trinajstić information content (AvgIpc) is 2.41. The van der Waals surface area contributed by atoms with Gasteiger partial charge in [-0.25, -0.2) is 0 Å². The molecule has 6 heteroatoms. The van der Waals surface area contributed by atoms with E-state index in [4.69, 9.17) is 16.7 Å². The normalized spacial score (nSPS) is 20.0. The van der Waals surface area contributed by atoms with Crippen LogP contribution in [0.4, 0.5) is 5.69 Å². The molecule has 1 N–H and O–H groups in total. The maximum absolute atomic E-state index is 10.9. The highest BCUT2D eigenvalue weighted by Gasteiger charge is 2.20. The van der Waals surface area contributed by atoms with E-state index in [1.165, 1.54) is 0 Å². The molecule has 1 heterocycles. The largest absolute Gasteiger partial charge is 0.396 e. The predicted molar refractivity (Wildman–Crippen MR) is 77.8 cm³/mol. The minimum atomic E-state index is -0.448. The fourth-order valence-corrected chi connectivity index (χ4v) is 2.95. The van der Waals surface area contributed by atoms with Gasteiger partial charge >= 0.3 is 0 Å². The first kappa shape index (κ1) is 15.2. The van der Waals surface area contributed by atoms with E-state index in [0.29, 0.717) is 12.5 Å². The van der Waals surface area contributed by atoms with E-state index in [1.54, 1.807) is 12.1 Å². The molecule has 20 heavy (non-hydrogen) atoms. The van der Waals surface area contributed by atoms with Crippen molar-refractivity contribution < 1.29 is 10.0 Å². The highest BCUT2D eigenvalue weighted by molar-refractivity contribution is 6.32. The number of nitro groups is 1. The molecule has 0 bridgehead atoms. The van der Waals surface area contributed by atoms with Crippen molar-refractivity contribution in [1.29, 1.82) is 0 Å². The average molecular weight is 299 g/mol. The fraction of sp³-hybridized carbons (Fsp3) is 0.571. The van der Waals surface area contributed by atoms with Gasteiger partial charge in [-0.2, -0.15) is 0 Å². The van der Waals surface area contributed by atoms with E-state index in [0.717, 1.165) is 37.9 Å². The first-order valence-electron chi connectivity index (χ1n) is 6.86. The van der Waals surface area contributed by atoms with Crippen LogP contribution in [0.25, 0.3) is 0 Å². The van der Waals surface area contributed by atoms with Gasteiger partial charge in [0.2, 0.25) is 0 Å². The SMILES string of the molecule is O=[N+]([O-])c1cc(CN2CCCC(CCO)C2)ccc1Cl. The van der Waals surface area contributed by atoms with Crippen molar-refractivity contribution in [2.45, 2.75) is 25.8 Å². The lowest BCUT2D eigenvalue weighted by molar-refractivity contribution is -0.384. The molecule has 0 saturated carbocycles. The Morgan fingerprint density at radius 1 is 1.50 bits per heavy atom. The van der Waals surface area contributed by atoms with E-state index in [1.807, 2.05) is 6.07 Å². The number of nitrogens with zero attached hydrogens (tertiary/aromatic N) is 2. The minimum Gasteiger partial charge on any atom is -0.396 e. The molecular weight excluding hydrogens is 280 g/mol. The maximum Gasteiger partial charge on any atom is 0.288 e. The molecule has 0 aromatic heterocycles. The van der Waals surface area contributed by atoms with Crippen molar-refractivity contribution in [1.82, 2.24) is 4.90 Å². The molecule has 1 aliphatic heterocycles. The standard InChI is InChI=1S/C14H19ClN2O3/c15-13-4-3-12(8-14(13)17(19)20)10-16-6-1-2-11(9-16)5-7-18/h3-4,8,11,18H,1-2,5-7,9-10H2. The Morgan fingerprint density at radius 2 is 2.30 bits per heavy atom. The number of hydrogen-bond donors (Lipinski definition) is 1. The first-order chi connectivity index (χ1) is 9.60. The van der Waals surface area contributed by atoms with Crippen LogP contribution in [-0.2, 0) is 6.54 Å². The van der Waals surface area contributed by atoms with Crippen molar-refractivity contribution in [2.75, 3.05) is 19.7 Å². The molecule has 1 saturated heterocycles. The van der Waals surface area contributed by atoms with Gasteiger partial charge < -0.3 is 5.11 Å². The molecule has 2 rings (SSSR count). The lowest BCUT2D eigenvalue weighted by atomic mass is 9.95. The number of aliphatic hydroxyl groups is 1. The summed E-state index contributed by atoms with van der Waals surface area (Å²) in [5, 5.41) is 20.1. The van der Waals surface area contributed by atoms with Crippen molar-refractivity contribution in [3.8, 4) is 0 Å². The zero-order valence-electron chi connectivity index (χ0n) is 11.3. The van der Waals surface area contributed by atoms with Crippen molar-refractivity contribution in [3.63, 3.8) is 0 Å². The van der Waals surface area contributed by atoms with Gasteiger partial charge in [0.05, 0.1) is 4.92 Å². The van der Waals surface area contributed by atoms with Gasteiger partial charge in [0.15, 0.2) is 0 Å². The summed E-state index contributed by atoms with van der Waals surface area (Å²) >= 11 is 5.82. The van der Waals surface area contributed by atoms with Gasteiger partial charge in [-0.1, -0.05) is 17.7 Å². The van der Waals surface area contributed by atoms with Crippen LogP contribution in [0.1, 0.15) is 24.8 Å². The summed E-state index contributed by atoms with van der Waals surface area (Å²) in [6, 6.07) is 4.98. The molecule has 1 aliphatic rings. The molecule has 0 spiro atoms. The number of piperidine rings is 1. The molecule has 0 radical (unpaired) electrons. The Bertz CT molecular complexity index is 479. The molecule has 1 atom stereocenters. The molecule has 1 aromatic carbocycles. The van der Waals surface area contributed by atoms with Gasteiger partial charge in [0.25, 0.3) is 5.69 Å². The minimum absolute atomic E-state index is 0.0342. The number of halogens is 1. The van der Waals surface area contributed by atoms with Crippen molar-refractivity contribution in [2.24, 2.45) is 5.92 Å². The topological polar surface area (TPSA) is 66.6 Å². The highest BCUT2D eigenvalue weighted by atomic mass is 35.5. The van der Waals surface area contributed by atoms with Crippen LogP contribution in [0.3, 0.4) is 0 Å². The van der Waals surface area contributed by atoms with Crippen LogP contribution in [0, 0.1) is 16.0 Å². The molecule has 1 fully saturated rings. The Labute approximate surface area is 123 Å². The van der Waals surface area contributed by atoms with E-state index in [-0.39, 0.29) is 17.3 Å². The smallest absolute Gasteiger partial charge is 0.288 e. The Kier molecular flexibility index (Phi) is 5.34. The van der Waals surface area contributed by atoms with E-state index >= 15 is 0 Å². The fourth-order valence-electron chi connectivity index (χ4n) is 2.77. The van der Waals surface area contributed by atoms with Gasteiger partial charge in [-0.15, -0.1) is 0 Å². The number of hydrogen-bond acceptors (Lipinski definition) is 4. The Balaban J connectivity index is 2.02. The van der Waals surface area contributed by atoms with Gasteiger partial charge in [-0.05, 0) is 43.4 Å². The first-order valence-corrected chi connectivity index (χ1v) is 7.24. The van der Waals surface area contributed by atoms with Crippen LogP contribution < -0.4 is 0 Å². The monoisotopic (exact) mass is 298 g/mol. The quantitative estimate of drug-likeness (QED) is 0.670. The lowest BCUT2D eigenvalue weighted by Crippen LogP contribution is -2.35. The third-order valence-electron chi connectivity index (χ3n) is 3.75. The summed E-state index contributed by atoms with van der Waals surface area (Å²) in [6.45, 7) is 2.86. The van der Waals surface area contributed by atoms with Crippen LogP contribution in [0.5, 0.6) is 0 Å². The van der Waals surface area contributed by atoms with Crippen LogP contribution in [0.2, 0.25) is 5.02 Å². The third kappa shape index (κ3) is 3.91. The van der Waals surface area contributed by atoms with E-state index in [9.17, 15) is 10.1 Å². The molecule has 1 unspecified atom stereocenters. The lowest BCUT2D eigenvalue weighted by Gasteiger charge is -2.32. The van der Waals surface area contributed by atoms with E-state index < -0.39 is 4.92 Å². The molecular formula is C14H19ClN2O3. The summed E-state index contributed by atoms with van der Waals surface area (Å²) in [4.78, 5) is 12.7. The second-order valence-corrected chi connectivity index (χ2v) is 5.71.